The summed E-state index contributed by atoms with van der Waals surface area (Å²) < 4.78 is 22.9. The van der Waals surface area contributed by atoms with Gasteiger partial charge in [-0.3, -0.25) is 0 Å². The Morgan fingerprint density at radius 2 is 2.04 bits per heavy atom. The Labute approximate surface area is 140 Å². The molecule has 23 heavy (non-hydrogen) atoms. The first-order valence-electron chi connectivity index (χ1n) is 7.27. The van der Waals surface area contributed by atoms with E-state index in [1.165, 1.54) is 6.07 Å². The van der Waals surface area contributed by atoms with Gasteiger partial charge in [0.1, 0.15) is 16.8 Å². The number of aromatic nitrogens is 2. The minimum Gasteiger partial charge on any atom is -0.363 e. The Bertz CT molecular complexity index is 837. The van der Waals surface area contributed by atoms with Crippen LogP contribution in [0.5, 0.6) is 0 Å². The fraction of sp³-hybridized carbons (Fsp3) is 0.333. The molecule has 1 aromatic carbocycles. The quantitative estimate of drug-likeness (QED) is 0.806. The first kappa shape index (κ1) is 16.2. The SMILES string of the molecule is CC(Nc1cc(Cl)nc(C2CC2)n1)c1cccc(S(N)(=O)=O)c1. The third-order valence-corrected chi connectivity index (χ3v) is 4.81. The fourth-order valence-electron chi connectivity index (χ4n) is 2.30. The number of sulfonamides is 1. The van der Waals surface area contributed by atoms with Crippen molar-refractivity contribution >= 4 is 27.4 Å². The summed E-state index contributed by atoms with van der Waals surface area (Å²) in [7, 11) is -3.72. The highest BCUT2D eigenvalue weighted by atomic mass is 35.5. The molecule has 1 saturated carbocycles. The van der Waals surface area contributed by atoms with Gasteiger partial charge in [0.25, 0.3) is 0 Å². The zero-order chi connectivity index (χ0) is 16.6. The molecule has 0 amide bonds. The average molecular weight is 353 g/mol. The van der Waals surface area contributed by atoms with Gasteiger partial charge in [0.05, 0.1) is 4.90 Å². The van der Waals surface area contributed by atoms with Gasteiger partial charge in [0, 0.05) is 18.0 Å². The third kappa shape index (κ3) is 3.99. The summed E-state index contributed by atoms with van der Waals surface area (Å²) in [4.78, 5) is 8.81. The molecule has 1 aliphatic rings. The van der Waals surface area contributed by atoms with E-state index in [1.54, 1.807) is 18.2 Å². The highest BCUT2D eigenvalue weighted by Crippen LogP contribution is 2.39. The summed E-state index contributed by atoms with van der Waals surface area (Å²) in [6.07, 6.45) is 2.18. The maximum absolute atomic E-state index is 11.5. The van der Waals surface area contributed by atoms with E-state index in [-0.39, 0.29) is 10.9 Å². The van der Waals surface area contributed by atoms with Crippen LogP contribution in [0, 0.1) is 0 Å². The van der Waals surface area contributed by atoms with E-state index in [2.05, 4.69) is 15.3 Å². The van der Waals surface area contributed by atoms with Crippen molar-refractivity contribution in [2.45, 2.75) is 36.6 Å². The smallest absolute Gasteiger partial charge is 0.238 e. The lowest BCUT2D eigenvalue weighted by Crippen LogP contribution is -2.14. The van der Waals surface area contributed by atoms with Crippen LogP contribution in [0.25, 0.3) is 0 Å². The lowest BCUT2D eigenvalue weighted by atomic mass is 10.1. The zero-order valence-corrected chi connectivity index (χ0v) is 14.1. The number of nitrogens with two attached hydrogens (primary N) is 1. The van der Waals surface area contributed by atoms with Gasteiger partial charge in [0.2, 0.25) is 10.0 Å². The summed E-state index contributed by atoms with van der Waals surface area (Å²) in [6, 6.07) is 8.02. The van der Waals surface area contributed by atoms with Crippen LogP contribution >= 0.6 is 11.6 Å². The number of hydrogen-bond acceptors (Lipinski definition) is 5. The average Bonchev–Trinajstić information content (AvgIpc) is 3.30. The molecule has 1 fully saturated rings. The van der Waals surface area contributed by atoms with Crippen molar-refractivity contribution in [3.8, 4) is 0 Å². The molecule has 1 heterocycles. The Morgan fingerprint density at radius 3 is 2.70 bits per heavy atom. The van der Waals surface area contributed by atoms with Gasteiger partial charge in [-0.2, -0.15) is 0 Å². The molecular weight excluding hydrogens is 336 g/mol. The van der Waals surface area contributed by atoms with Crippen LogP contribution in [0.15, 0.2) is 35.2 Å². The number of hydrogen-bond donors (Lipinski definition) is 2. The largest absolute Gasteiger partial charge is 0.363 e. The molecule has 6 nitrogen and oxygen atoms in total. The van der Waals surface area contributed by atoms with Gasteiger partial charge in [-0.1, -0.05) is 23.7 Å². The van der Waals surface area contributed by atoms with Crippen molar-refractivity contribution in [2.75, 3.05) is 5.32 Å². The minimum atomic E-state index is -3.72. The maximum atomic E-state index is 11.5. The fourth-order valence-corrected chi connectivity index (χ4v) is 3.06. The third-order valence-electron chi connectivity index (χ3n) is 3.71. The van der Waals surface area contributed by atoms with E-state index in [4.69, 9.17) is 16.7 Å². The van der Waals surface area contributed by atoms with Crippen molar-refractivity contribution in [1.82, 2.24) is 9.97 Å². The van der Waals surface area contributed by atoms with Gasteiger partial charge >= 0.3 is 0 Å². The molecule has 3 rings (SSSR count). The molecule has 0 spiro atoms. The van der Waals surface area contributed by atoms with Crippen molar-refractivity contribution in [3.05, 3.63) is 46.9 Å². The highest BCUT2D eigenvalue weighted by molar-refractivity contribution is 7.89. The van der Waals surface area contributed by atoms with E-state index in [1.807, 2.05) is 13.0 Å². The maximum Gasteiger partial charge on any atom is 0.238 e. The van der Waals surface area contributed by atoms with Crippen molar-refractivity contribution < 1.29 is 8.42 Å². The van der Waals surface area contributed by atoms with E-state index in [0.29, 0.717) is 16.9 Å². The summed E-state index contributed by atoms with van der Waals surface area (Å²) in [5.74, 6) is 1.78. The molecule has 0 saturated heterocycles. The predicted molar refractivity (Wildman–Crippen MR) is 88.9 cm³/mol. The van der Waals surface area contributed by atoms with Gasteiger partial charge in [-0.15, -0.1) is 0 Å². The summed E-state index contributed by atoms with van der Waals surface area (Å²) in [5, 5.41) is 8.80. The number of nitrogens with one attached hydrogen (secondary N) is 1. The van der Waals surface area contributed by atoms with Gasteiger partial charge in [-0.05, 0) is 37.5 Å². The Kier molecular flexibility index (Phi) is 4.27. The number of primary sulfonamides is 1. The van der Waals surface area contributed by atoms with Crippen LogP contribution in [0.1, 0.15) is 43.1 Å². The predicted octanol–water partition coefficient (Wildman–Crippen LogP) is 2.83. The topological polar surface area (TPSA) is 98.0 Å². The van der Waals surface area contributed by atoms with Crippen LogP contribution in [0.4, 0.5) is 5.82 Å². The Morgan fingerprint density at radius 1 is 1.30 bits per heavy atom. The second-order valence-corrected chi connectivity index (χ2v) is 7.64. The van der Waals surface area contributed by atoms with E-state index in [9.17, 15) is 8.42 Å². The standard InChI is InChI=1S/C15H17ClN4O2S/c1-9(11-3-2-4-12(7-11)23(17,21)22)18-14-8-13(16)19-15(20-14)10-5-6-10/h2-4,7-10H,5-6H2,1H3,(H2,17,21,22)(H,18,19,20). The molecule has 122 valence electrons. The summed E-state index contributed by atoms with van der Waals surface area (Å²) in [5.41, 5.74) is 0.791. The summed E-state index contributed by atoms with van der Waals surface area (Å²) >= 11 is 6.05. The van der Waals surface area contributed by atoms with E-state index >= 15 is 0 Å². The van der Waals surface area contributed by atoms with Crippen LogP contribution in [-0.2, 0) is 10.0 Å². The molecule has 1 aliphatic carbocycles. The number of benzene rings is 1. The first-order valence-corrected chi connectivity index (χ1v) is 9.19. The Hall–Kier alpha value is -1.70. The molecule has 8 heteroatoms. The van der Waals surface area contributed by atoms with E-state index < -0.39 is 10.0 Å². The zero-order valence-electron chi connectivity index (χ0n) is 12.5. The molecular formula is C15H17ClN4O2S. The molecule has 0 aliphatic heterocycles. The number of nitrogens with zero attached hydrogens (tertiary/aromatic N) is 2. The molecule has 0 radical (unpaired) electrons. The van der Waals surface area contributed by atoms with Gasteiger partial charge in [0.15, 0.2) is 0 Å². The lowest BCUT2D eigenvalue weighted by molar-refractivity contribution is 0.597. The molecule has 1 unspecified atom stereocenters. The van der Waals surface area contributed by atoms with Crippen LogP contribution in [0.2, 0.25) is 5.15 Å². The van der Waals surface area contributed by atoms with Crippen molar-refractivity contribution in [3.63, 3.8) is 0 Å². The monoisotopic (exact) mass is 352 g/mol. The van der Waals surface area contributed by atoms with Crippen molar-refractivity contribution in [1.29, 1.82) is 0 Å². The lowest BCUT2D eigenvalue weighted by Gasteiger charge is -2.16. The number of halogens is 1. The first-order chi connectivity index (χ1) is 10.8. The second kappa shape index (κ2) is 6.07. The van der Waals surface area contributed by atoms with Gasteiger partial charge < -0.3 is 5.32 Å². The highest BCUT2D eigenvalue weighted by Gasteiger charge is 2.27. The van der Waals surface area contributed by atoms with Crippen molar-refractivity contribution in [2.24, 2.45) is 5.14 Å². The Balaban J connectivity index is 1.83. The molecule has 1 aromatic heterocycles. The normalized spacial score (nSPS) is 16.1. The summed E-state index contributed by atoms with van der Waals surface area (Å²) in [6.45, 7) is 1.91. The molecule has 1 atom stereocenters. The second-order valence-electron chi connectivity index (χ2n) is 5.69. The molecule has 3 N–H and O–H groups in total. The minimum absolute atomic E-state index is 0.0861. The molecule has 0 bridgehead atoms. The number of rotatable bonds is 5. The van der Waals surface area contributed by atoms with E-state index in [0.717, 1.165) is 24.2 Å². The van der Waals surface area contributed by atoms with Crippen LogP contribution < -0.4 is 10.5 Å². The van der Waals surface area contributed by atoms with Crippen LogP contribution in [0.3, 0.4) is 0 Å². The molecule has 2 aromatic rings. The number of anilines is 1. The van der Waals surface area contributed by atoms with Gasteiger partial charge in [-0.25, -0.2) is 23.5 Å². The van der Waals surface area contributed by atoms with Crippen LogP contribution in [-0.4, -0.2) is 18.4 Å².